The van der Waals surface area contributed by atoms with Crippen molar-refractivity contribution in [3.63, 3.8) is 0 Å². The molecule has 0 amide bonds. The van der Waals surface area contributed by atoms with Gasteiger partial charge in [-0.1, -0.05) is 29.3 Å². The van der Waals surface area contributed by atoms with Crippen LogP contribution >= 0.6 is 35.6 Å². The van der Waals surface area contributed by atoms with Gasteiger partial charge in [0.2, 0.25) is 10.0 Å². The quantitative estimate of drug-likeness (QED) is 0.844. The standard InChI is InChI=1S/C14H19Cl2N3O2S.ClH/c15-12-2-1-3-13(14(12)16)22(20,21)19-8-6-18(7-9-19)11-4-5-17-10-11;/h1-3,11,17H,4-10H2;1H. The average Bonchev–Trinajstić information content (AvgIpc) is 3.04. The van der Waals surface area contributed by atoms with E-state index in [0.29, 0.717) is 19.1 Å². The van der Waals surface area contributed by atoms with E-state index < -0.39 is 10.0 Å². The SMILES string of the molecule is Cl.O=S(=O)(c1cccc(Cl)c1Cl)N1CCN(C2CCNC2)CC1. The third kappa shape index (κ3) is 3.95. The Labute approximate surface area is 153 Å². The number of sulfonamides is 1. The van der Waals surface area contributed by atoms with E-state index in [1.165, 1.54) is 10.4 Å². The molecular formula is C14H20Cl3N3O2S. The fraction of sp³-hybridized carbons (Fsp3) is 0.571. The Kier molecular flexibility index (Phi) is 6.58. The molecule has 9 heteroatoms. The molecule has 2 aliphatic heterocycles. The van der Waals surface area contributed by atoms with Gasteiger partial charge in [-0.25, -0.2) is 8.42 Å². The summed E-state index contributed by atoms with van der Waals surface area (Å²) < 4.78 is 27.0. The van der Waals surface area contributed by atoms with Gasteiger partial charge in [-0.2, -0.15) is 4.31 Å². The third-order valence-electron chi connectivity index (χ3n) is 4.36. The number of halogens is 3. The van der Waals surface area contributed by atoms with Crippen molar-refractivity contribution in [3.05, 3.63) is 28.2 Å². The van der Waals surface area contributed by atoms with Crippen molar-refractivity contribution < 1.29 is 8.42 Å². The summed E-state index contributed by atoms with van der Waals surface area (Å²) in [7, 11) is -3.59. The summed E-state index contributed by atoms with van der Waals surface area (Å²) in [6.07, 6.45) is 1.13. The molecule has 1 unspecified atom stereocenters. The molecule has 1 aromatic rings. The van der Waals surface area contributed by atoms with Crippen LogP contribution in [0.4, 0.5) is 0 Å². The van der Waals surface area contributed by atoms with E-state index >= 15 is 0 Å². The minimum absolute atomic E-state index is 0. The summed E-state index contributed by atoms with van der Waals surface area (Å²) in [5, 5.41) is 3.71. The van der Waals surface area contributed by atoms with E-state index in [1.54, 1.807) is 12.1 Å². The van der Waals surface area contributed by atoms with Crippen LogP contribution in [-0.2, 0) is 10.0 Å². The zero-order chi connectivity index (χ0) is 15.7. The summed E-state index contributed by atoms with van der Waals surface area (Å²) in [6.45, 7) is 4.52. The average molecular weight is 401 g/mol. The molecule has 0 saturated carbocycles. The van der Waals surface area contributed by atoms with Crippen LogP contribution in [0.2, 0.25) is 10.0 Å². The molecule has 2 saturated heterocycles. The molecule has 5 nitrogen and oxygen atoms in total. The highest BCUT2D eigenvalue weighted by Crippen LogP contribution is 2.31. The topological polar surface area (TPSA) is 52.7 Å². The zero-order valence-electron chi connectivity index (χ0n) is 12.5. The number of hydrogen-bond donors (Lipinski definition) is 1. The molecule has 2 heterocycles. The highest BCUT2D eigenvalue weighted by atomic mass is 35.5. The number of piperazine rings is 1. The first-order valence-corrected chi connectivity index (χ1v) is 9.58. The lowest BCUT2D eigenvalue weighted by Gasteiger charge is -2.37. The van der Waals surface area contributed by atoms with Crippen molar-refractivity contribution in [2.24, 2.45) is 0 Å². The Balaban J connectivity index is 0.00000192. The van der Waals surface area contributed by atoms with Gasteiger partial charge in [0.05, 0.1) is 10.0 Å². The molecule has 0 aromatic heterocycles. The van der Waals surface area contributed by atoms with Gasteiger partial charge in [0, 0.05) is 38.8 Å². The zero-order valence-corrected chi connectivity index (χ0v) is 15.7. The maximum Gasteiger partial charge on any atom is 0.244 e. The molecule has 0 radical (unpaired) electrons. The fourth-order valence-corrected chi connectivity index (χ4v) is 5.24. The van der Waals surface area contributed by atoms with Gasteiger partial charge in [0.25, 0.3) is 0 Å². The second-order valence-electron chi connectivity index (χ2n) is 5.64. The number of benzene rings is 1. The smallest absolute Gasteiger partial charge is 0.244 e. The van der Waals surface area contributed by atoms with Crippen LogP contribution in [0, 0.1) is 0 Å². The molecule has 2 fully saturated rings. The molecule has 1 aromatic carbocycles. The Hall–Kier alpha value is -0.0800. The van der Waals surface area contributed by atoms with Gasteiger partial charge in [0.1, 0.15) is 4.90 Å². The van der Waals surface area contributed by atoms with Crippen molar-refractivity contribution in [2.75, 3.05) is 39.3 Å². The maximum atomic E-state index is 12.7. The second kappa shape index (κ2) is 7.87. The third-order valence-corrected chi connectivity index (χ3v) is 7.23. The molecule has 1 N–H and O–H groups in total. The molecule has 130 valence electrons. The predicted octanol–water partition coefficient (Wildman–Crippen LogP) is 2.08. The number of hydrogen-bond acceptors (Lipinski definition) is 4. The Morgan fingerprint density at radius 1 is 1.13 bits per heavy atom. The van der Waals surface area contributed by atoms with Gasteiger partial charge in [-0.05, 0) is 25.1 Å². The van der Waals surface area contributed by atoms with E-state index in [0.717, 1.165) is 32.6 Å². The lowest BCUT2D eigenvalue weighted by molar-refractivity contribution is 0.145. The molecule has 2 aliphatic rings. The van der Waals surface area contributed by atoms with Crippen LogP contribution in [-0.4, -0.2) is 62.9 Å². The largest absolute Gasteiger partial charge is 0.315 e. The van der Waals surface area contributed by atoms with Gasteiger partial charge >= 0.3 is 0 Å². The lowest BCUT2D eigenvalue weighted by atomic mass is 10.2. The number of rotatable bonds is 3. The van der Waals surface area contributed by atoms with Crippen molar-refractivity contribution in [1.29, 1.82) is 0 Å². The summed E-state index contributed by atoms with van der Waals surface area (Å²) in [6, 6.07) is 5.24. The van der Waals surface area contributed by atoms with E-state index in [-0.39, 0.29) is 27.3 Å². The monoisotopic (exact) mass is 399 g/mol. The van der Waals surface area contributed by atoms with Gasteiger partial charge in [-0.15, -0.1) is 12.4 Å². The molecule has 0 aliphatic carbocycles. The van der Waals surface area contributed by atoms with Crippen molar-refractivity contribution in [3.8, 4) is 0 Å². The number of nitrogens with one attached hydrogen (secondary N) is 1. The molecule has 0 bridgehead atoms. The number of nitrogens with zero attached hydrogens (tertiary/aromatic N) is 2. The molecular weight excluding hydrogens is 381 g/mol. The molecule has 3 rings (SSSR count). The van der Waals surface area contributed by atoms with Crippen LogP contribution in [0.3, 0.4) is 0 Å². The lowest BCUT2D eigenvalue weighted by Crippen LogP contribution is -2.52. The Bertz CT molecular complexity index is 643. The van der Waals surface area contributed by atoms with E-state index in [2.05, 4.69) is 10.2 Å². The van der Waals surface area contributed by atoms with Crippen LogP contribution in [0.25, 0.3) is 0 Å². The van der Waals surface area contributed by atoms with Crippen LogP contribution in [0.1, 0.15) is 6.42 Å². The Morgan fingerprint density at radius 3 is 2.43 bits per heavy atom. The Morgan fingerprint density at radius 2 is 1.83 bits per heavy atom. The molecule has 23 heavy (non-hydrogen) atoms. The van der Waals surface area contributed by atoms with Crippen molar-refractivity contribution in [2.45, 2.75) is 17.4 Å². The van der Waals surface area contributed by atoms with E-state index in [1.807, 2.05) is 0 Å². The van der Waals surface area contributed by atoms with Gasteiger partial charge < -0.3 is 5.32 Å². The predicted molar refractivity (Wildman–Crippen MR) is 95.3 cm³/mol. The fourth-order valence-electron chi connectivity index (χ4n) is 3.08. The summed E-state index contributed by atoms with van der Waals surface area (Å²) >= 11 is 12.0. The highest BCUT2D eigenvalue weighted by Gasteiger charge is 2.33. The molecule has 1 atom stereocenters. The normalized spacial score (nSPS) is 23.7. The van der Waals surface area contributed by atoms with E-state index in [9.17, 15) is 8.42 Å². The van der Waals surface area contributed by atoms with Crippen LogP contribution in [0.5, 0.6) is 0 Å². The first kappa shape index (κ1) is 19.2. The molecule has 0 spiro atoms. The van der Waals surface area contributed by atoms with Crippen molar-refractivity contribution >= 4 is 45.6 Å². The summed E-state index contributed by atoms with van der Waals surface area (Å²) in [5.41, 5.74) is 0. The minimum atomic E-state index is -3.59. The minimum Gasteiger partial charge on any atom is -0.315 e. The van der Waals surface area contributed by atoms with Crippen LogP contribution < -0.4 is 5.32 Å². The maximum absolute atomic E-state index is 12.7. The summed E-state index contributed by atoms with van der Waals surface area (Å²) in [5.74, 6) is 0. The van der Waals surface area contributed by atoms with Gasteiger partial charge in [-0.3, -0.25) is 4.90 Å². The summed E-state index contributed by atoms with van der Waals surface area (Å²) in [4.78, 5) is 2.46. The highest BCUT2D eigenvalue weighted by molar-refractivity contribution is 7.89. The van der Waals surface area contributed by atoms with Crippen LogP contribution in [0.15, 0.2) is 23.1 Å². The van der Waals surface area contributed by atoms with Gasteiger partial charge in [0.15, 0.2) is 0 Å². The first-order valence-electron chi connectivity index (χ1n) is 7.39. The van der Waals surface area contributed by atoms with E-state index in [4.69, 9.17) is 23.2 Å². The first-order chi connectivity index (χ1) is 10.5. The van der Waals surface area contributed by atoms with Crippen molar-refractivity contribution in [1.82, 2.24) is 14.5 Å². The second-order valence-corrected chi connectivity index (χ2v) is 8.33.